The molecule has 11 rings (SSSR count). The molecule has 0 atom stereocenters. The molecular weight excluding hydrogens is 1030 g/mol. The number of carbonyl (C=O) groups excluding carboxylic acids is 2. The van der Waals surface area contributed by atoms with Crippen LogP contribution in [-0.4, -0.2) is 88.6 Å². The van der Waals surface area contributed by atoms with Crippen LogP contribution in [-0.2, 0) is 29.2 Å². The smallest absolute Gasteiger partial charge is 0.330 e. The average molecular weight is 1070 g/mol. The largest absolute Gasteiger partial charge is 0.501 e. The average Bonchev–Trinajstić information content (AvgIpc) is 4.00. The fraction of sp³-hybridized carbons (Fsp3) is 0.216. The number of carbonyl (C=O) groups is 2. The number of fused-ring (bicyclic) bond motifs is 6. The molecule has 3 N–H and O–H groups in total. The molecule has 2 saturated heterocycles. The first-order valence-corrected chi connectivity index (χ1v) is 24.4. The Balaban J connectivity index is 0.000000171. The van der Waals surface area contributed by atoms with Crippen LogP contribution < -0.4 is 36.3 Å². The van der Waals surface area contributed by atoms with Crippen molar-refractivity contribution in [2.75, 3.05) is 62.4 Å². The number of nitrogens with zero attached hydrogens (tertiary/aromatic N) is 6. The van der Waals surface area contributed by atoms with Gasteiger partial charge in [-0.1, -0.05) is 101 Å². The van der Waals surface area contributed by atoms with Gasteiger partial charge in [0.2, 0.25) is 11.5 Å². The molecule has 0 aliphatic carbocycles. The molecule has 0 bridgehead atoms. The van der Waals surface area contributed by atoms with Crippen molar-refractivity contribution in [1.82, 2.24) is 29.7 Å². The van der Waals surface area contributed by atoms with Crippen molar-refractivity contribution in [2.45, 2.75) is 19.7 Å². The van der Waals surface area contributed by atoms with E-state index in [1.54, 1.807) is 48.5 Å². The Morgan fingerprint density at radius 1 is 0.575 bits per heavy atom. The van der Waals surface area contributed by atoms with Gasteiger partial charge in [-0.3, -0.25) is 19.2 Å². The molecule has 0 radical (unpaired) electrons. The number of anilines is 2. The van der Waals surface area contributed by atoms with Gasteiger partial charge in [-0.2, -0.15) is 0 Å². The summed E-state index contributed by atoms with van der Waals surface area (Å²) in [7, 11) is 0. The third-order valence-electron chi connectivity index (χ3n) is 12.1. The van der Waals surface area contributed by atoms with Gasteiger partial charge in [0.05, 0.1) is 68.7 Å². The van der Waals surface area contributed by atoms with Crippen LogP contribution in [0, 0.1) is 0 Å². The monoisotopic (exact) mass is 1070 g/mol. The van der Waals surface area contributed by atoms with E-state index >= 15 is 0 Å². The minimum absolute atomic E-state index is 0.0656. The summed E-state index contributed by atoms with van der Waals surface area (Å²) in [5, 5.41) is 18.6. The zero-order chi connectivity index (χ0) is 50.8. The number of amides is 2. The number of ether oxygens (including phenoxy) is 3. The van der Waals surface area contributed by atoms with Gasteiger partial charge in [-0.05, 0) is 65.2 Å². The van der Waals surface area contributed by atoms with Crippen molar-refractivity contribution in [3.63, 3.8) is 0 Å². The van der Waals surface area contributed by atoms with E-state index in [2.05, 4.69) is 30.4 Å². The van der Waals surface area contributed by atoms with Gasteiger partial charge in [0, 0.05) is 39.3 Å². The predicted octanol–water partition coefficient (Wildman–Crippen LogP) is 8.31. The van der Waals surface area contributed by atoms with Crippen molar-refractivity contribution in [3.8, 4) is 11.5 Å². The second kappa shape index (κ2) is 21.4. The summed E-state index contributed by atoms with van der Waals surface area (Å²) in [5.74, 6) is -2.30. The quantitative estimate of drug-likeness (QED) is 0.111. The number of morpholine rings is 2. The van der Waals surface area contributed by atoms with Gasteiger partial charge in [0.1, 0.15) is 6.61 Å². The topological polar surface area (TPSA) is 208 Å². The van der Waals surface area contributed by atoms with Crippen molar-refractivity contribution in [1.29, 1.82) is 0 Å². The lowest BCUT2D eigenvalue weighted by molar-refractivity contribution is 0.0933. The number of hydrogen-bond acceptors (Lipinski definition) is 14. The van der Waals surface area contributed by atoms with E-state index in [0.29, 0.717) is 100 Å². The molecule has 9 aromatic rings. The molecule has 2 amide bonds. The molecule has 0 unspecified atom stereocenters. The molecule has 2 fully saturated rings. The fourth-order valence-corrected chi connectivity index (χ4v) is 9.09. The number of aromatic nitrogens is 4. The molecule has 73 heavy (non-hydrogen) atoms. The summed E-state index contributed by atoms with van der Waals surface area (Å²) >= 11 is 24.1. The van der Waals surface area contributed by atoms with Crippen LogP contribution in [0.5, 0.6) is 11.5 Å². The Morgan fingerprint density at radius 3 is 1.56 bits per heavy atom. The van der Waals surface area contributed by atoms with Crippen molar-refractivity contribution < 1.29 is 38.0 Å². The molecule has 0 spiro atoms. The molecule has 22 heteroatoms. The van der Waals surface area contributed by atoms with E-state index in [-0.39, 0.29) is 48.1 Å². The van der Waals surface area contributed by atoms with E-state index < -0.39 is 28.7 Å². The van der Waals surface area contributed by atoms with Crippen molar-refractivity contribution in [3.05, 3.63) is 172 Å². The maximum Gasteiger partial charge on any atom is 0.330 e. The van der Waals surface area contributed by atoms with E-state index in [1.165, 1.54) is 0 Å². The zero-order valence-corrected chi connectivity index (χ0v) is 41.4. The lowest BCUT2D eigenvalue weighted by Gasteiger charge is -2.29. The number of benzene rings is 5. The summed E-state index contributed by atoms with van der Waals surface area (Å²) < 4.78 is 30.4. The van der Waals surface area contributed by atoms with E-state index in [1.807, 2.05) is 54.6 Å². The zero-order valence-electron chi connectivity index (χ0n) is 38.4. The molecule has 2 aliphatic heterocycles. The van der Waals surface area contributed by atoms with Gasteiger partial charge in [0.25, 0.3) is 11.8 Å². The maximum absolute atomic E-state index is 13.7. The summed E-state index contributed by atoms with van der Waals surface area (Å²) in [6.45, 7) is 5.29. The summed E-state index contributed by atoms with van der Waals surface area (Å²) in [4.78, 5) is 66.1. The number of hydrogen-bond donors (Lipinski definition) is 3. The lowest BCUT2D eigenvalue weighted by atomic mass is 10.2. The van der Waals surface area contributed by atoms with Gasteiger partial charge in [-0.15, -0.1) is 9.15 Å². The third-order valence-corrected chi connectivity index (χ3v) is 13.6. The SMILES string of the molecule is O=C(NCc1ccc(Cl)c(Cl)c1)c1nc2c3c(N4CCOCC4)cccc3on2c(=O)c1O.O=C(NCc1ccc(Cl)c(Cl)c1)c1nc2c3c(N4CCOCC4)cccc3on2c(=O)c1OCc1ccccc1. The molecule has 6 heterocycles. The van der Waals surface area contributed by atoms with Crippen LogP contribution in [0.25, 0.3) is 33.2 Å². The Kier molecular flexibility index (Phi) is 14.5. The van der Waals surface area contributed by atoms with E-state index in [4.69, 9.17) is 69.7 Å². The van der Waals surface area contributed by atoms with Crippen molar-refractivity contribution in [2.24, 2.45) is 0 Å². The molecule has 4 aromatic heterocycles. The van der Waals surface area contributed by atoms with Crippen LogP contribution in [0.15, 0.2) is 122 Å². The predicted molar refractivity (Wildman–Crippen MR) is 276 cm³/mol. The summed E-state index contributed by atoms with van der Waals surface area (Å²) in [6.07, 6.45) is 0. The third kappa shape index (κ3) is 10.2. The molecule has 5 aromatic carbocycles. The Bertz CT molecular complexity index is 3680. The minimum atomic E-state index is -0.871. The van der Waals surface area contributed by atoms with Crippen LogP contribution in [0.4, 0.5) is 11.4 Å². The highest BCUT2D eigenvalue weighted by molar-refractivity contribution is 6.42. The number of halogens is 4. The summed E-state index contributed by atoms with van der Waals surface area (Å²) in [6, 6.07) is 30.3. The van der Waals surface area contributed by atoms with Crippen LogP contribution in [0.1, 0.15) is 37.7 Å². The molecule has 374 valence electrons. The van der Waals surface area contributed by atoms with E-state index in [0.717, 1.165) is 31.6 Å². The number of rotatable bonds is 11. The second-order valence-corrected chi connectivity index (χ2v) is 18.4. The van der Waals surface area contributed by atoms with Gasteiger partial charge in [0.15, 0.2) is 33.8 Å². The molecule has 2 aliphatic rings. The summed E-state index contributed by atoms with van der Waals surface area (Å²) in [5.41, 5.74) is 3.15. The lowest BCUT2D eigenvalue weighted by Crippen LogP contribution is -2.36. The normalized spacial score (nSPS) is 13.9. The Morgan fingerprint density at radius 2 is 1.05 bits per heavy atom. The number of nitrogens with one attached hydrogen (secondary N) is 2. The van der Waals surface area contributed by atoms with Gasteiger partial charge in [-0.25, -0.2) is 9.97 Å². The molecule has 18 nitrogen and oxygen atoms in total. The van der Waals surface area contributed by atoms with E-state index in [9.17, 15) is 24.3 Å². The molecular formula is C51H42Cl4N8O10. The second-order valence-electron chi connectivity index (χ2n) is 16.8. The standard InChI is InChI=1S/C29H24Cl2N4O5.C22H18Cl2N4O5/c30-20-10-9-19(15-21(20)31)16-32-28(36)25-26(39-17-18-5-2-1-3-6-18)29(37)35-27(33-25)24-22(7-4-8-23(24)40-35)34-11-13-38-14-12-34;23-13-5-4-12(10-14(13)24)11-25-21(30)18-19(29)22(31)28-20(26-18)17-15(2-1-3-16(17)33-28)27-6-8-32-9-7-27/h1-10,15H,11-14,16-17H2,(H,32,36);1-5,10,29H,6-9,11H2,(H,25,30). The highest BCUT2D eigenvalue weighted by atomic mass is 35.5. The fourth-order valence-electron chi connectivity index (χ4n) is 8.45. The number of aromatic hydroxyl groups is 1. The first-order valence-electron chi connectivity index (χ1n) is 22.9. The highest BCUT2D eigenvalue weighted by Gasteiger charge is 2.28. The van der Waals surface area contributed by atoms with Crippen LogP contribution in [0.2, 0.25) is 20.1 Å². The Labute approximate surface area is 434 Å². The van der Waals surface area contributed by atoms with Crippen molar-refractivity contribution >= 4 is 103 Å². The maximum atomic E-state index is 13.7. The Hall–Kier alpha value is -7.32. The van der Waals surface area contributed by atoms with Crippen LogP contribution in [0.3, 0.4) is 0 Å². The molecule has 0 saturated carbocycles. The first kappa shape index (κ1) is 49.3. The minimum Gasteiger partial charge on any atom is -0.501 e. The first-order chi connectivity index (χ1) is 35.4. The van der Waals surface area contributed by atoms with Gasteiger partial charge < -0.3 is 48.8 Å². The van der Waals surface area contributed by atoms with Crippen LogP contribution >= 0.6 is 46.4 Å². The highest BCUT2D eigenvalue weighted by Crippen LogP contribution is 2.34. The van der Waals surface area contributed by atoms with Gasteiger partial charge >= 0.3 is 11.1 Å².